The number of rotatable bonds is 11. The first-order valence-corrected chi connectivity index (χ1v) is 11.0. The summed E-state index contributed by atoms with van der Waals surface area (Å²) in [5, 5.41) is 0. The zero-order chi connectivity index (χ0) is 19.6. The van der Waals surface area contributed by atoms with Crippen molar-refractivity contribution in [1.82, 2.24) is 9.97 Å². The molecule has 148 valence electrons. The first-order chi connectivity index (χ1) is 13.8. The Bertz CT molecular complexity index is 812. The van der Waals surface area contributed by atoms with E-state index in [4.69, 9.17) is 4.98 Å². The molecule has 28 heavy (non-hydrogen) atoms. The molecular formula is C26H34N2. The molecule has 0 aliphatic rings. The number of unbranched alkanes of at least 4 members (excludes halogenated alkanes) is 4. The molecule has 1 heterocycles. The SMILES string of the molecule is CCCCCCc1ccc(-c2c[nH]c(Cc3ccc(CCCC)cc3)n2)cc1. The highest BCUT2D eigenvalue weighted by molar-refractivity contribution is 5.58. The van der Waals surface area contributed by atoms with E-state index in [0.717, 1.165) is 17.9 Å². The molecule has 0 fully saturated rings. The van der Waals surface area contributed by atoms with E-state index in [9.17, 15) is 0 Å². The first-order valence-electron chi connectivity index (χ1n) is 11.0. The standard InChI is InChI=1S/C26H34N2/c1-3-5-7-8-10-22-15-17-24(18-16-22)25-20-27-26(28-25)19-23-13-11-21(12-14-23)9-6-4-2/h11-18,20H,3-10,19H2,1-2H3,(H,27,28). The Morgan fingerprint density at radius 1 is 0.679 bits per heavy atom. The van der Waals surface area contributed by atoms with Crippen LogP contribution in [0, 0.1) is 0 Å². The third kappa shape index (κ3) is 6.09. The van der Waals surface area contributed by atoms with E-state index < -0.39 is 0 Å². The lowest BCUT2D eigenvalue weighted by molar-refractivity contribution is 0.667. The van der Waals surface area contributed by atoms with Crippen LogP contribution in [-0.4, -0.2) is 9.97 Å². The maximum absolute atomic E-state index is 4.81. The van der Waals surface area contributed by atoms with Gasteiger partial charge in [-0.25, -0.2) is 4.98 Å². The second kappa shape index (κ2) is 10.8. The Balaban J connectivity index is 1.56. The fraction of sp³-hybridized carbons (Fsp3) is 0.423. The third-order valence-corrected chi connectivity index (χ3v) is 5.41. The van der Waals surface area contributed by atoms with Crippen molar-refractivity contribution >= 4 is 0 Å². The zero-order valence-corrected chi connectivity index (χ0v) is 17.5. The molecule has 0 saturated heterocycles. The summed E-state index contributed by atoms with van der Waals surface area (Å²) in [5.74, 6) is 1.03. The van der Waals surface area contributed by atoms with E-state index in [0.29, 0.717) is 0 Å². The Hall–Kier alpha value is -2.35. The minimum atomic E-state index is 0.851. The maximum atomic E-state index is 4.81. The van der Waals surface area contributed by atoms with Gasteiger partial charge in [0.15, 0.2) is 0 Å². The van der Waals surface area contributed by atoms with Gasteiger partial charge in [0.1, 0.15) is 5.82 Å². The van der Waals surface area contributed by atoms with Crippen LogP contribution in [0.2, 0.25) is 0 Å². The number of imidazole rings is 1. The second-order valence-electron chi connectivity index (χ2n) is 7.84. The summed E-state index contributed by atoms with van der Waals surface area (Å²) < 4.78 is 0. The number of aryl methyl sites for hydroxylation is 2. The molecule has 0 atom stereocenters. The lowest BCUT2D eigenvalue weighted by Crippen LogP contribution is -1.92. The van der Waals surface area contributed by atoms with Gasteiger partial charge in [-0.1, -0.05) is 88.1 Å². The van der Waals surface area contributed by atoms with Crippen LogP contribution in [0.4, 0.5) is 0 Å². The molecule has 0 saturated carbocycles. The summed E-state index contributed by atoms with van der Waals surface area (Å²) >= 11 is 0. The highest BCUT2D eigenvalue weighted by atomic mass is 14.9. The predicted molar refractivity (Wildman–Crippen MR) is 120 cm³/mol. The topological polar surface area (TPSA) is 28.7 Å². The Kier molecular flexibility index (Phi) is 7.90. The lowest BCUT2D eigenvalue weighted by Gasteiger charge is -2.03. The van der Waals surface area contributed by atoms with E-state index in [-0.39, 0.29) is 0 Å². The Labute approximate surface area is 170 Å². The molecule has 1 aromatic heterocycles. The van der Waals surface area contributed by atoms with E-state index >= 15 is 0 Å². The number of benzene rings is 2. The Morgan fingerprint density at radius 2 is 1.29 bits per heavy atom. The van der Waals surface area contributed by atoms with Gasteiger partial charge in [-0.2, -0.15) is 0 Å². The minimum absolute atomic E-state index is 0.851. The molecule has 1 N–H and O–H groups in total. The number of H-pyrrole nitrogens is 1. The molecule has 0 amide bonds. The smallest absolute Gasteiger partial charge is 0.111 e. The summed E-state index contributed by atoms with van der Waals surface area (Å²) in [6, 6.07) is 17.9. The van der Waals surface area contributed by atoms with Gasteiger partial charge in [0.25, 0.3) is 0 Å². The fourth-order valence-electron chi connectivity index (χ4n) is 3.60. The highest BCUT2D eigenvalue weighted by Crippen LogP contribution is 2.20. The van der Waals surface area contributed by atoms with Crippen LogP contribution in [0.15, 0.2) is 54.7 Å². The molecule has 2 nitrogen and oxygen atoms in total. The summed E-state index contributed by atoms with van der Waals surface area (Å²) in [5.41, 5.74) is 6.39. The van der Waals surface area contributed by atoms with Gasteiger partial charge < -0.3 is 4.98 Å². The number of nitrogens with one attached hydrogen (secondary N) is 1. The predicted octanol–water partition coefficient (Wildman–Crippen LogP) is 7.13. The summed E-state index contributed by atoms with van der Waals surface area (Å²) in [4.78, 5) is 8.16. The van der Waals surface area contributed by atoms with Crippen LogP contribution in [0.25, 0.3) is 11.3 Å². The van der Waals surface area contributed by atoms with Gasteiger partial charge in [0.05, 0.1) is 5.69 Å². The van der Waals surface area contributed by atoms with Crippen LogP contribution in [0.3, 0.4) is 0 Å². The van der Waals surface area contributed by atoms with Crippen molar-refractivity contribution in [2.24, 2.45) is 0 Å². The van der Waals surface area contributed by atoms with Crippen molar-refractivity contribution in [2.45, 2.75) is 71.6 Å². The van der Waals surface area contributed by atoms with Gasteiger partial charge in [0.2, 0.25) is 0 Å². The molecule has 3 aromatic rings. The Morgan fingerprint density at radius 3 is 1.96 bits per heavy atom. The largest absolute Gasteiger partial charge is 0.348 e. The molecule has 0 unspecified atom stereocenters. The molecule has 0 bridgehead atoms. The van der Waals surface area contributed by atoms with Crippen molar-refractivity contribution in [3.05, 3.63) is 77.2 Å². The monoisotopic (exact) mass is 374 g/mol. The molecule has 0 radical (unpaired) electrons. The van der Waals surface area contributed by atoms with Gasteiger partial charge in [-0.05, 0) is 42.4 Å². The second-order valence-corrected chi connectivity index (χ2v) is 7.84. The molecule has 0 aliphatic carbocycles. The normalized spacial score (nSPS) is 11.1. The van der Waals surface area contributed by atoms with E-state index in [1.165, 1.54) is 73.6 Å². The van der Waals surface area contributed by atoms with Crippen molar-refractivity contribution < 1.29 is 0 Å². The summed E-state index contributed by atoms with van der Waals surface area (Å²) in [7, 11) is 0. The van der Waals surface area contributed by atoms with Crippen LogP contribution in [0.1, 0.15) is 74.9 Å². The van der Waals surface area contributed by atoms with Crippen molar-refractivity contribution in [2.75, 3.05) is 0 Å². The number of nitrogens with zero attached hydrogens (tertiary/aromatic N) is 1. The molecule has 2 heteroatoms. The molecule has 0 spiro atoms. The van der Waals surface area contributed by atoms with Crippen LogP contribution >= 0.6 is 0 Å². The zero-order valence-electron chi connectivity index (χ0n) is 17.5. The highest BCUT2D eigenvalue weighted by Gasteiger charge is 2.06. The van der Waals surface area contributed by atoms with E-state index in [1.807, 2.05) is 6.20 Å². The quantitative estimate of drug-likeness (QED) is 0.355. The van der Waals surface area contributed by atoms with Crippen LogP contribution in [-0.2, 0) is 19.3 Å². The fourth-order valence-corrected chi connectivity index (χ4v) is 3.60. The van der Waals surface area contributed by atoms with Gasteiger partial charge in [-0.3, -0.25) is 0 Å². The van der Waals surface area contributed by atoms with Crippen LogP contribution < -0.4 is 0 Å². The molecular weight excluding hydrogens is 340 g/mol. The average Bonchev–Trinajstić information content (AvgIpc) is 3.20. The van der Waals surface area contributed by atoms with Gasteiger partial charge in [0, 0.05) is 18.2 Å². The number of aromatic amines is 1. The van der Waals surface area contributed by atoms with E-state index in [2.05, 4.69) is 67.4 Å². The number of aromatic nitrogens is 2. The van der Waals surface area contributed by atoms with E-state index in [1.54, 1.807) is 0 Å². The third-order valence-electron chi connectivity index (χ3n) is 5.41. The van der Waals surface area contributed by atoms with Crippen LogP contribution in [0.5, 0.6) is 0 Å². The molecule has 2 aromatic carbocycles. The van der Waals surface area contributed by atoms with Crippen molar-refractivity contribution in [3.63, 3.8) is 0 Å². The maximum Gasteiger partial charge on any atom is 0.111 e. The van der Waals surface area contributed by atoms with Crippen molar-refractivity contribution in [1.29, 1.82) is 0 Å². The number of hydrogen-bond donors (Lipinski definition) is 1. The minimum Gasteiger partial charge on any atom is -0.348 e. The summed E-state index contributed by atoms with van der Waals surface area (Å²) in [6.45, 7) is 4.50. The molecule has 3 rings (SSSR count). The summed E-state index contributed by atoms with van der Waals surface area (Å²) in [6.07, 6.45) is 13.0. The number of hydrogen-bond acceptors (Lipinski definition) is 1. The van der Waals surface area contributed by atoms with Crippen molar-refractivity contribution in [3.8, 4) is 11.3 Å². The van der Waals surface area contributed by atoms with Gasteiger partial charge >= 0.3 is 0 Å². The lowest BCUT2D eigenvalue weighted by atomic mass is 10.0. The molecule has 0 aliphatic heterocycles. The van der Waals surface area contributed by atoms with Gasteiger partial charge in [-0.15, -0.1) is 0 Å². The first kappa shape index (κ1) is 20.4. The average molecular weight is 375 g/mol.